The summed E-state index contributed by atoms with van der Waals surface area (Å²) in [4.78, 5) is 36.9. The first-order chi connectivity index (χ1) is 16.3. The van der Waals surface area contributed by atoms with Crippen molar-refractivity contribution in [2.24, 2.45) is 5.92 Å². The Morgan fingerprint density at radius 3 is 2.09 bits per heavy atom. The van der Waals surface area contributed by atoms with E-state index in [-0.39, 0.29) is 18.9 Å². The van der Waals surface area contributed by atoms with Gasteiger partial charge in [0.05, 0.1) is 0 Å². The van der Waals surface area contributed by atoms with Crippen LogP contribution in [-0.2, 0) is 14.3 Å². The van der Waals surface area contributed by atoms with Gasteiger partial charge in [0.25, 0.3) is 0 Å². The molecule has 0 fully saturated rings. The number of ether oxygens (including phenoxy) is 1. The SMILES string of the molecule is C=CCC(NC(=O)C(CCC(C)C)NC(=O)OCC1c2ccccc2-c2ccccc21)C(=O)O. The van der Waals surface area contributed by atoms with Crippen LogP contribution in [0.15, 0.2) is 61.2 Å². The first kappa shape index (κ1) is 25.0. The van der Waals surface area contributed by atoms with Gasteiger partial charge < -0.3 is 20.5 Å². The summed E-state index contributed by atoms with van der Waals surface area (Å²) in [6.07, 6.45) is 1.86. The largest absolute Gasteiger partial charge is 0.480 e. The number of aliphatic carboxylic acids is 1. The summed E-state index contributed by atoms with van der Waals surface area (Å²) in [5.41, 5.74) is 4.45. The van der Waals surface area contributed by atoms with Gasteiger partial charge in [-0.2, -0.15) is 0 Å². The Bertz CT molecular complexity index is 1000. The van der Waals surface area contributed by atoms with Crippen molar-refractivity contribution in [1.82, 2.24) is 10.6 Å². The summed E-state index contributed by atoms with van der Waals surface area (Å²) in [5, 5.41) is 14.5. The number of amides is 2. The molecule has 7 heteroatoms. The molecule has 3 N–H and O–H groups in total. The third kappa shape index (κ3) is 6.04. The Hall–Kier alpha value is -3.61. The molecule has 2 amide bonds. The molecule has 2 aromatic carbocycles. The van der Waals surface area contributed by atoms with Gasteiger partial charge in [0, 0.05) is 5.92 Å². The number of carbonyl (C=O) groups excluding carboxylic acids is 2. The van der Waals surface area contributed by atoms with E-state index in [1.54, 1.807) is 0 Å². The number of carboxylic acids is 1. The van der Waals surface area contributed by atoms with E-state index in [0.29, 0.717) is 18.8 Å². The lowest BCUT2D eigenvalue weighted by Gasteiger charge is -2.22. The first-order valence-electron chi connectivity index (χ1n) is 11.6. The second-order valence-corrected chi connectivity index (χ2v) is 8.92. The van der Waals surface area contributed by atoms with Crippen molar-refractivity contribution in [2.75, 3.05) is 6.61 Å². The van der Waals surface area contributed by atoms with Crippen molar-refractivity contribution in [1.29, 1.82) is 0 Å². The van der Waals surface area contributed by atoms with Crippen molar-refractivity contribution < 1.29 is 24.2 Å². The summed E-state index contributed by atoms with van der Waals surface area (Å²) < 4.78 is 5.56. The lowest BCUT2D eigenvalue weighted by Crippen LogP contribution is -2.51. The highest BCUT2D eigenvalue weighted by Crippen LogP contribution is 2.44. The molecule has 3 rings (SSSR count). The van der Waals surface area contributed by atoms with E-state index in [2.05, 4.69) is 29.3 Å². The minimum absolute atomic E-state index is 0.0862. The maximum atomic E-state index is 12.8. The number of nitrogens with one attached hydrogen (secondary N) is 2. The number of alkyl carbamates (subject to hydrolysis) is 1. The number of benzene rings is 2. The third-order valence-corrected chi connectivity index (χ3v) is 6.00. The maximum Gasteiger partial charge on any atom is 0.407 e. The minimum Gasteiger partial charge on any atom is -0.480 e. The molecule has 0 heterocycles. The molecule has 0 aromatic heterocycles. The predicted octanol–water partition coefficient (Wildman–Crippen LogP) is 4.48. The van der Waals surface area contributed by atoms with E-state index in [9.17, 15) is 19.5 Å². The van der Waals surface area contributed by atoms with E-state index in [4.69, 9.17) is 4.74 Å². The van der Waals surface area contributed by atoms with Crippen LogP contribution in [0.2, 0.25) is 0 Å². The zero-order valence-electron chi connectivity index (χ0n) is 19.6. The normalized spacial score (nSPS) is 14.0. The van der Waals surface area contributed by atoms with Gasteiger partial charge in [-0.15, -0.1) is 6.58 Å². The fourth-order valence-electron chi connectivity index (χ4n) is 4.21. The second kappa shape index (κ2) is 11.5. The van der Waals surface area contributed by atoms with Gasteiger partial charge in [-0.25, -0.2) is 9.59 Å². The highest BCUT2D eigenvalue weighted by molar-refractivity contribution is 5.89. The molecule has 180 valence electrons. The van der Waals surface area contributed by atoms with Crippen LogP contribution in [0, 0.1) is 5.92 Å². The number of rotatable bonds is 11. The van der Waals surface area contributed by atoms with Crippen molar-refractivity contribution in [3.05, 3.63) is 72.3 Å². The van der Waals surface area contributed by atoms with Gasteiger partial charge >= 0.3 is 12.1 Å². The fraction of sp³-hybridized carbons (Fsp3) is 0.370. The van der Waals surface area contributed by atoms with Gasteiger partial charge in [0.1, 0.15) is 18.7 Å². The van der Waals surface area contributed by atoms with Gasteiger partial charge in [-0.05, 0) is 47.4 Å². The maximum absolute atomic E-state index is 12.8. The summed E-state index contributed by atoms with van der Waals surface area (Å²) in [5.74, 6) is -1.49. The summed E-state index contributed by atoms with van der Waals surface area (Å²) in [7, 11) is 0. The molecule has 1 aliphatic rings. The van der Waals surface area contributed by atoms with E-state index < -0.39 is 30.1 Å². The Morgan fingerprint density at radius 1 is 0.971 bits per heavy atom. The topological polar surface area (TPSA) is 105 Å². The molecule has 2 atom stereocenters. The third-order valence-electron chi connectivity index (χ3n) is 6.00. The van der Waals surface area contributed by atoms with Crippen molar-refractivity contribution >= 4 is 18.0 Å². The van der Waals surface area contributed by atoms with Crippen LogP contribution in [0.25, 0.3) is 11.1 Å². The zero-order chi connectivity index (χ0) is 24.7. The molecular weight excluding hydrogens is 432 g/mol. The van der Waals surface area contributed by atoms with Crippen molar-refractivity contribution in [3.8, 4) is 11.1 Å². The van der Waals surface area contributed by atoms with Crippen LogP contribution in [0.1, 0.15) is 50.2 Å². The molecule has 0 aliphatic heterocycles. The van der Waals surface area contributed by atoms with Gasteiger partial charge in [0.15, 0.2) is 0 Å². The Balaban J connectivity index is 1.67. The summed E-state index contributed by atoms with van der Waals surface area (Å²) in [6, 6.07) is 14.1. The minimum atomic E-state index is -1.16. The smallest absolute Gasteiger partial charge is 0.407 e. The highest BCUT2D eigenvalue weighted by Gasteiger charge is 2.30. The molecule has 34 heavy (non-hydrogen) atoms. The monoisotopic (exact) mass is 464 g/mol. The van der Waals surface area contributed by atoms with Gasteiger partial charge in [-0.1, -0.05) is 68.5 Å². The lowest BCUT2D eigenvalue weighted by atomic mass is 9.98. The average molecular weight is 465 g/mol. The Kier molecular flexibility index (Phi) is 8.46. The second-order valence-electron chi connectivity index (χ2n) is 8.92. The van der Waals surface area contributed by atoms with Gasteiger partial charge in [-0.3, -0.25) is 4.79 Å². The summed E-state index contributed by atoms with van der Waals surface area (Å²) in [6.45, 7) is 7.69. The highest BCUT2D eigenvalue weighted by atomic mass is 16.5. The molecule has 7 nitrogen and oxygen atoms in total. The van der Waals surface area contributed by atoms with Crippen LogP contribution in [0.3, 0.4) is 0 Å². The van der Waals surface area contributed by atoms with Crippen LogP contribution >= 0.6 is 0 Å². The van der Waals surface area contributed by atoms with E-state index >= 15 is 0 Å². The molecular formula is C27H32N2O5. The Labute approximate surface area is 200 Å². The number of carbonyl (C=O) groups is 3. The molecule has 2 aromatic rings. The molecule has 0 bridgehead atoms. The number of hydrogen-bond donors (Lipinski definition) is 3. The number of fused-ring (bicyclic) bond motifs is 3. The number of hydrogen-bond acceptors (Lipinski definition) is 4. The van der Waals surface area contributed by atoms with E-state index in [1.165, 1.54) is 6.08 Å². The summed E-state index contributed by atoms with van der Waals surface area (Å²) >= 11 is 0. The quantitative estimate of drug-likeness (QED) is 0.426. The van der Waals surface area contributed by atoms with Crippen LogP contribution in [0.5, 0.6) is 0 Å². The molecule has 0 saturated carbocycles. The molecule has 0 radical (unpaired) electrons. The fourth-order valence-corrected chi connectivity index (χ4v) is 4.21. The van der Waals surface area contributed by atoms with Gasteiger partial charge in [0.2, 0.25) is 5.91 Å². The molecule has 1 aliphatic carbocycles. The molecule has 0 saturated heterocycles. The predicted molar refractivity (Wildman–Crippen MR) is 130 cm³/mol. The molecule has 2 unspecified atom stereocenters. The van der Waals surface area contributed by atoms with Crippen LogP contribution in [-0.4, -0.2) is 41.8 Å². The lowest BCUT2D eigenvalue weighted by molar-refractivity contribution is -0.142. The van der Waals surface area contributed by atoms with Crippen molar-refractivity contribution in [3.63, 3.8) is 0 Å². The van der Waals surface area contributed by atoms with Crippen molar-refractivity contribution in [2.45, 2.75) is 51.1 Å². The standard InChI is InChI=1S/C27H32N2O5/c1-4-9-24(26(31)32)28-25(30)23(15-14-17(2)3)29-27(33)34-16-22-20-12-7-5-10-18(20)19-11-6-8-13-21(19)22/h4-8,10-13,17,22-24H,1,9,14-16H2,2-3H3,(H,28,30)(H,29,33)(H,31,32). The molecule has 0 spiro atoms. The zero-order valence-corrected chi connectivity index (χ0v) is 19.6. The first-order valence-corrected chi connectivity index (χ1v) is 11.6. The van der Waals surface area contributed by atoms with E-state index in [0.717, 1.165) is 22.3 Å². The Morgan fingerprint density at radius 2 is 1.56 bits per heavy atom. The van der Waals surface area contributed by atoms with Crippen LogP contribution < -0.4 is 10.6 Å². The number of carboxylic acid groups (broad SMARTS) is 1. The van der Waals surface area contributed by atoms with E-state index in [1.807, 2.05) is 50.2 Å². The van der Waals surface area contributed by atoms with Crippen LogP contribution in [0.4, 0.5) is 4.79 Å². The average Bonchev–Trinajstić information content (AvgIpc) is 3.13.